The number of carbonyl (C=O) groups is 4. The number of carbonyl (C=O) groups excluding carboxylic acids is 4. The summed E-state index contributed by atoms with van der Waals surface area (Å²) in [4.78, 5) is 51.3. The Morgan fingerprint density at radius 1 is 1.14 bits per heavy atom. The summed E-state index contributed by atoms with van der Waals surface area (Å²) in [5.74, 6) is -1.83. The van der Waals surface area contributed by atoms with Crippen LogP contribution in [0.4, 0.5) is 5.69 Å². The number of rotatable bonds is 7. The highest BCUT2D eigenvalue weighted by molar-refractivity contribution is 5.98. The number of aromatic nitrogens is 1. The minimum atomic E-state index is -0.755. The van der Waals surface area contributed by atoms with Gasteiger partial charge in [-0.3, -0.25) is 14.4 Å². The Hall–Kier alpha value is -3.42. The molecule has 0 aliphatic heterocycles. The molecule has 0 aliphatic rings. The van der Waals surface area contributed by atoms with Gasteiger partial charge in [0.05, 0.1) is 6.54 Å². The molecule has 0 fully saturated rings. The van der Waals surface area contributed by atoms with E-state index in [1.54, 1.807) is 0 Å². The number of aromatic amines is 1. The Kier molecular flexibility index (Phi) is 6.70. The Balaban J connectivity index is 1.85. The number of likely N-dealkylation sites (N-methyl/N-ethyl adjacent to an activating group) is 1. The number of hydrogen-bond acceptors (Lipinski definition) is 5. The molecule has 1 aromatic carbocycles. The molecule has 2 aromatic rings. The number of H-pyrrole nitrogens is 1. The zero-order valence-corrected chi connectivity index (χ0v) is 16.3. The van der Waals surface area contributed by atoms with Crippen molar-refractivity contribution >= 4 is 29.3 Å². The van der Waals surface area contributed by atoms with Gasteiger partial charge in [0.25, 0.3) is 5.91 Å². The van der Waals surface area contributed by atoms with E-state index in [2.05, 4.69) is 10.3 Å². The minimum Gasteiger partial charge on any atom is -0.451 e. The van der Waals surface area contributed by atoms with Gasteiger partial charge in [0.1, 0.15) is 5.69 Å². The molecule has 1 heterocycles. The Morgan fingerprint density at radius 3 is 2.36 bits per heavy atom. The summed E-state index contributed by atoms with van der Waals surface area (Å²) in [6.45, 7) is 4.45. The van der Waals surface area contributed by atoms with Crippen LogP contribution in [-0.2, 0) is 14.3 Å². The number of ketones is 1. The molecule has 0 radical (unpaired) electrons. The molecule has 2 rings (SSSR count). The van der Waals surface area contributed by atoms with Gasteiger partial charge < -0.3 is 19.9 Å². The lowest BCUT2D eigenvalue weighted by molar-refractivity contribution is -0.136. The zero-order chi connectivity index (χ0) is 20.8. The molecule has 0 saturated carbocycles. The van der Waals surface area contributed by atoms with Crippen molar-refractivity contribution in [1.82, 2.24) is 9.88 Å². The summed E-state index contributed by atoms with van der Waals surface area (Å²) in [7, 11) is 1.45. The number of anilines is 1. The number of esters is 1. The molecule has 0 bridgehead atoms. The monoisotopic (exact) mass is 385 g/mol. The molecule has 148 valence electrons. The highest BCUT2D eigenvalue weighted by atomic mass is 16.5. The summed E-state index contributed by atoms with van der Waals surface area (Å²) in [6, 6.07) is 7.02. The van der Waals surface area contributed by atoms with Gasteiger partial charge >= 0.3 is 5.97 Å². The molecule has 0 saturated heterocycles. The van der Waals surface area contributed by atoms with Crippen LogP contribution in [0.2, 0.25) is 0 Å². The number of nitrogens with zero attached hydrogens (tertiary/aromatic N) is 1. The van der Waals surface area contributed by atoms with E-state index in [9.17, 15) is 19.2 Å². The number of para-hydroxylation sites is 1. The summed E-state index contributed by atoms with van der Waals surface area (Å²) >= 11 is 0. The summed E-state index contributed by atoms with van der Waals surface area (Å²) in [5, 5.41) is 2.79. The largest absolute Gasteiger partial charge is 0.451 e. The van der Waals surface area contributed by atoms with E-state index >= 15 is 0 Å². The van der Waals surface area contributed by atoms with Crippen molar-refractivity contribution in [3.63, 3.8) is 0 Å². The van der Waals surface area contributed by atoms with Crippen LogP contribution in [0.1, 0.15) is 38.9 Å². The van der Waals surface area contributed by atoms with Crippen molar-refractivity contribution < 1.29 is 23.9 Å². The standard InChI is InChI=1S/C20H23N3O5/c1-12-6-5-7-13(2)19(12)22-17(25)10-23(4)18(26)11-28-20(27)16-8-15(9-21-16)14(3)24/h5-9,21H,10-11H2,1-4H3,(H,22,25). The predicted molar refractivity (Wildman–Crippen MR) is 103 cm³/mol. The molecule has 0 spiro atoms. The van der Waals surface area contributed by atoms with E-state index in [0.29, 0.717) is 11.3 Å². The van der Waals surface area contributed by atoms with Gasteiger partial charge in [-0.1, -0.05) is 18.2 Å². The SMILES string of the molecule is CC(=O)c1c[nH]c(C(=O)OCC(=O)N(C)CC(=O)Nc2c(C)cccc2C)c1. The maximum atomic E-state index is 12.2. The van der Waals surface area contributed by atoms with Crippen LogP contribution in [0.25, 0.3) is 0 Å². The first-order valence-electron chi connectivity index (χ1n) is 8.65. The molecule has 0 atom stereocenters. The highest BCUT2D eigenvalue weighted by Gasteiger charge is 2.18. The molecule has 1 aromatic heterocycles. The minimum absolute atomic E-state index is 0.0772. The quantitative estimate of drug-likeness (QED) is 0.560. The molecule has 8 heteroatoms. The van der Waals surface area contributed by atoms with Gasteiger partial charge in [0.2, 0.25) is 5.91 Å². The van der Waals surface area contributed by atoms with Crippen molar-refractivity contribution in [2.24, 2.45) is 0 Å². The molecule has 0 unspecified atom stereocenters. The first kappa shape index (κ1) is 20.9. The second kappa shape index (κ2) is 8.98. The van der Waals surface area contributed by atoms with Gasteiger partial charge in [0, 0.05) is 24.5 Å². The Morgan fingerprint density at radius 2 is 1.79 bits per heavy atom. The fraction of sp³-hybridized carbons (Fsp3) is 0.300. The molecular formula is C20H23N3O5. The smallest absolute Gasteiger partial charge is 0.355 e. The molecule has 28 heavy (non-hydrogen) atoms. The van der Waals surface area contributed by atoms with Crippen molar-refractivity contribution in [2.75, 3.05) is 25.5 Å². The van der Waals surface area contributed by atoms with Crippen molar-refractivity contribution in [3.05, 3.63) is 52.8 Å². The van der Waals surface area contributed by atoms with E-state index in [0.717, 1.165) is 11.1 Å². The van der Waals surface area contributed by atoms with E-state index in [4.69, 9.17) is 4.74 Å². The maximum absolute atomic E-state index is 12.2. The van der Waals surface area contributed by atoms with Crippen LogP contribution in [0.5, 0.6) is 0 Å². The topological polar surface area (TPSA) is 109 Å². The summed E-state index contributed by atoms with van der Waals surface area (Å²) < 4.78 is 4.94. The zero-order valence-electron chi connectivity index (χ0n) is 16.3. The van der Waals surface area contributed by atoms with Crippen LogP contribution in [0.3, 0.4) is 0 Å². The lowest BCUT2D eigenvalue weighted by Gasteiger charge is -2.18. The van der Waals surface area contributed by atoms with Gasteiger partial charge in [-0.05, 0) is 38.0 Å². The van der Waals surface area contributed by atoms with Crippen LogP contribution >= 0.6 is 0 Å². The number of hydrogen-bond donors (Lipinski definition) is 2. The van der Waals surface area contributed by atoms with Crippen molar-refractivity contribution in [1.29, 1.82) is 0 Å². The average molecular weight is 385 g/mol. The van der Waals surface area contributed by atoms with Crippen LogP contribution in [0, 0.1) is 13.8 Å². The third-order valence-electron chi connectivity index (χ3n) is 4.19. The van der Waals surface area contributed by atoms with Gasteiger partial charge in [-0.15, -0.1) is 0 Å². The Bertz CT molecular complexity index is 896. The molecule has 2 N–H and O–H groups in total. The predicted octanol–water partition coefficient (Wildman–Crippen LogP) is 2.09. The number of benzene rings is 1. The molecule has 0 aliphatic carbocycles. The van der Waals surface area contributed by atoms with Gasteiger partial charge in [0.15, 0.2) is 12.4 Å². The van der Waals surface area contributed by atoms with Crippen molar-refractivity contribution in [3.8, 4) is 0 Å². The lowest BCUT2D eigenvalue weighted by Crippen LogP contribution is -2.37. The number of nitrogens with one attached hydrogen (secondary N) is 2. The summed E-state index contributed by atoms with van der Waals surface area (Å²) in [5.41, 5.74) is 2.99. The highest BCUT2D eigenvalue weighted by Crippen LogP contribution is 2.19. The van der Waals surface area contributed by atoms with Crippen LogP contribution in [-0.4, -0.2) is 53.7 Å². The van der Waals surface area contributed by atoms with E-state index in [1.807, 2.05) is 32.0 Å². The fourth-order valence-electron chi connectivity index (χ4n) is 2.52. The molecule has 8 nitrogen and oxygen atoms in total. The fourth-order valence-corrected chi connectivity index (χ4v) is 2.52. The molecular weight excluding hydrogens is 362 g/mol. The maximum Gasteiger partial charge on any atom is 0.355 e. The normalized spacial score (nSPS) is 10.3. The number of aryl methyl sites for hydroxylation is 2. The van der Waals surface area contributed by atoms with E-state index < -0.39 is 18.5 Å². The Labute approximate surface area is 162 Å². The first-order valence-corrected chi connectivity index (χ1v) is 8.65. The second-order valence-electron chi connectivity index (χ2n) is 6.50. The van der Waals surface area contributed by atoms with Crippen LogP contribution < -0.4 is 5.32 Å². The van der Waals surface area contributed by atoms with Gasteiger partial charge in [-0.25, -0.2) is 4.79 Å². The summed E-state index contributed by atoms with van der Waals surface area (Å²) in [6.07, 6.45) is 1.39. The van der Waals surface area contributed by atoms with E-state index in [-0.39, 0.29) is 23.9 Å². The number of Topliss-reactive ketones (excluding diaryl/α,β-unsaturated/α-hetero) is 1. The van der Waals surface area contributed by atoms with Gasteiger partial charge in [-0.2, -0.15) is 0 Å². The van der Waals surface area contributed by atoms with Crippen LogP contribution in [0.15, 0.2) is 30.5 Å². The average Bonchev–Trinajstić information content (AvgIpc) is 3.13. The molecule has 2 amide bonds. The van der Waals surface area contributed by atoms with Crippen molar-refractivity contribution in [2.45, 2.75) is 20.8 Å². The number of ether oxygens (including phenoxy) is 1. The number of amides is 2. The third kappa shape index (κ3) is 5.29. The second-order valence-corrected chi connectivity index (χ2v) is 6.50. The third-order valence-corrected chi connectivity index (χ3v) is 4.19. The lowest BCUT2D eigenvalue weighted by atomic mass is 10.1. The first-order chi connectivity index (χ1) is 13.2. The van der Waals surface area contributed by atoms with E-state index in [1.165, 1.54) is 31.1 Å².